The van der Waals surface area contributed by atoms with E-state index in [1.54, 1.807) is 6.07 Å². The topological polar surface area (TPSA) is 64.3 Å². The van der Waals surface area contributed by atoms with E-state index >= 15 is 0 Å². The van der Waals surface area contributed by atoms with Crippen LogP contribution in [0.15, 0.2) is 18.2 Å². The first-order valence-corrected chi connectivity index (χ1v) is 6.38. The lowest BCUT2D eigenvalue weighted by molar-refractivity contribution is -0.00861. The largest absolute Gasteiger partial charge is 0.398 e. The van der Waals surface area contributed by atoms with Gasteiger partial charge in [0.25, 0.3) is 5.91 Å². The molecule has 2 rings (SSSR count). The molecule has 4 heteroatoms. The number of nitrogens with one attached hydrogen (secondary N) is 1. The van der Waals surface area contributed by atoms with Crippen molar-refractivity contribution in [2.45, 2.75) is 38.8 Å². The van der Waals surface area contributed by atoms with Gasteiger partial charge in [-0.15, -0.1) is 0 Å². The number of nitrogens with two attached hydrogens (primary N) is 1. The third-order valence-corrected chi connectivity index (χ3v) is 3.29. The minimum atomic E-state index is -0.0869. The second-order valence-corrected chi connectivity index (χ2v) is 4.81. The van der Waals surface area contributed by atoms with E-state index in [0.29, 0.717) is 17.4 Å². The number of nitrogen functional groups attached to an aromatic ring is 1. The highest BCUT2D eigenvalue weighted by Crippen LogP contribution is 2.24. The summed E-state index contributed by atoms with van der Waals surface area (Å²) in [6.45, 7) is 4.67. The summed E-state index contributed by atoms with van der Waals surface area (Å²) < 4.78 is 5.46. The Morgan fingerprint density at radius 3 is 2.89 bits per heavy atom. The molecule has 1 aromatic carbocycles. The quantitative estimate of drug-likeness (QED) is 0.800. The van der Waals surface area contributed by atoms with Crippen LogP contribution in [0.25, 0.3) is 0 Å². The van der Waals surface area contributed by atoms with Crippen molar-refractivity contribution >= 4 is 11.6 Å². The highest BCUT2D eigenvalue weighted by atomic mass is 16.5. The summed E-state index contributed by atoms with van der Waals surface area (Å²) in [6, 6.07) is 5.71. The molecular formula is C14H20N2O2. The molecule has 1 saturated carbocycles. The molecule has 0 atom stereocenters. The molecule has 0 aliphatic heterocycles. The van der Waals surface area contributed by atoms with Crippen LogP contribution in [0.5, 0.6) is 0 Å². The molecule has 0 aromatic heterocycles. The van der Waals surface area contributed by atoms with Crippen LogP contribution in [0.1, 0.15) is 35.7 Å². The Hall–Kier alpha value is -1.55. The van der Waals surface area contributed by atoms with Gasteiger partial charge < -0.3 is 15.8 Å². The molecule has 0 radical (unpaired) electrons. The van der Waals surface area contributed by atoms with Crippen LogP contribution in [-0.4, -0.2) is 24.7 Å². The Labute approximate surface area is 108 Å². The van der Waals surface area contributed by atoms with E-state index in [9.17, 15) is 4.79 Å². The zero-order chi connectivity index (χ0) is 13.1. The lowest BCUT2D eigenvalue weighted by Crippen LogP contribution is -2.47. The molecular weight excluding hydrogens is 228 g/mol. The van der Waals surface area contributed by atoms with Crippen molar-refractivity contribution in [2.24, 2.45) is 0 Å². The van der Waals surface area contributed by atoms with Crippen LogP contribution >= 0.6 is 0 Å². The first kappa shape index (κ1) is 12.9. The monoisotopic (exact) mass is 248 g/mol. The van der Waals surface area contributed by atoms with E-state index in [1.165, 1.54) is 0 Å². The lowest BCUT2D eigenvalue weighted by Gasteiger charge is -2.35. The summed E-state index contributed by atoms with van der Waals surface area (Å²) in [4.78, 5) is 12.1. The number of hydrogen-bond donors (Lipinski definition) is 2. The molecule has 0 unspecified atom stereocenters. The number of amides is 1. The second-order valence-electron chi connectivity index (χ2n) is 4.81. The van der Waals surface area contributed by atoms with Crippen molar-refractivity contribution < 1.29 is 9.53 Å². The van der Waals surface area contributed by atoms with Crippen LogP contribution in [0, 0.1) is 6.92 Å². The fourth-order valence-corrected chi connectivity index (χ4v) is 2.19. The molecule has 1 aliphatic rings. The van der Waals surface area contributed by atoms with Crippen LogP contribution in [0.2, 0.25) is 0 Å². The van der Waals surface area contributed by atoms with Gasteiger partial charge in [0.2, 0.25) is 0 Å². The first-order valence-electron chi connectivity index (χ1n) is 6.38. The maximum absolute atomic E-state index is 12.1. The van der Waals surface area contributed by atoms with Crippen LogP contribution < -0.4 is 11.1 Å². The minimum absolute atomic E-state index is 0.0869. The van der Waals surface area contributed by atoms with E-state index in [2.05, 4.69) is 5.32 Å². The predicted octanol–water partition coefficient (Wildman–Crippen LogP) is 1.87. The number of rotatable bonds is 4. The van der Waals surface area contributed by atoms with Gasteiger partial charge in [-0.05, 0) is 38.8 Å². The number of carbonyl (C=O) groups excluding carboxylic acids is 1. The van der Waals surface area contributed by atoms with E-state index < -0.39 is 0 Å². The second kappa shape index (κ2) is 5.40. The molecule has 0 saturated heterocycles. The van der Waals surface area contributed by atoms with Crippen molar-refractivity contribution in [1.29, 1.82) is 0 Å². The van der Waals surface area contributed by atoms with Crippen molar-refractivity contribution in [3.63, 3.8) is 0 Å². The number of aryl methyl sites for hydroxylation is 1. The number of hydrogen-bond acceptors (Lipinski definition) is 3. The average Bonchev–Trinajstić information content (AvgIpc) is 2.29. The molecule has 4 nitrogen and oxygen atoms in total. The predicted molar refractivity (Wildman–Crippen MR) is 71.5 cm³/mol. The van der Waals surface area contributed by atoms with Crippen molar-refractivity contribution in [1.82, 2.24) is 5.32 Å². The molecule has 0 spiro atoms. The molecule has 1 fully saturated rings. The molecule has 0 heterocycles. The van der Waals surface area contributed by atoms with Crippen molar-refractivity contribution in [3.8, 4) is 0 Å². The number of anilines is 1. The molecule has 1 aromatic rings. The fraction of sp³-hybridized carbons (Fsp3) is 0.500. The zero-order valence-electron chi connectivity index (χ0n) is 10.9. The first-order chi connectivity index (χ1) is 8.60. The molecule has 1 aliphatic carbocycles. The van der Waals surface area contributed by atoms with Crippen LogP contribution in [-0.2, 0) is 4.74 Å². The molecule has 18 heavy (non-hydrogen) atoms. The molecule has 1 amide bonds. The normalized spacial score (nSPS) is 22.3. The van der Waals surface area contributed by atoms with E-state index in [-0.39, 0.29) is 11.9 Å². The molecule has 0 bridgehead atoms. The number of carbonyl (C=O) groups is 1. The summed E-state index contributed by atoms with van der Waals surface area (Å²) in [5.74, 6) is -0.0869. The van der Waals surface area contributed by atoms with Crippen molar-refractivity contribution in [3.05, 3.63) is 29.3 Å². The summed E-state index contributed by atoms with van der Waals surface area (Å²) in [5, 5.41) is 2.99. The maximum Gasteiger partial charge on any atom is 0.253 e. The minimum Gasteiger partial charge on any atom is -0.398 e. The third-order valence-electron chi connectivity index (χ3n) is 3.29. The van der Waals surface area contributed by atoms with Gasteiger partial charge >= 0.3 is 0 Å². The smallest absolute Gasteiger partial charge is 0.253 e. The van der Waals surface area contributed by atoms with Gasteiger partial charge in [0, 0.05) is 18.3 Å². The Morgan fingerprint density at radius 1 is 1.50 bits per heavy atom. The molecule has 3 N–H and O–H groups in total. The van der Waals surface area contributed by atoms with E-state index in [0.717, 1.165) is 25.0 Å². The Kier molecular flexibility index (Phi) is 3.87. The van der Waals surface area contributed by atoms with E-state index in [1.807, 2.05) is 26.0 Å². The Bertz CT molecular complexity index is 439. The number of ether oxygens (including phenoxy) is 1. The zero-order valence-corrected chi connectivity index (χ0v) is 10.9. The van der Waals surface area contributed by atoms with Crippen LogP contribution in [0.3, 0.4) is 0 Å². The lowest BCUT2D eigenvalue weighted by atomic mass is 9.89. The standard InChI is InChI=1S/C14H20N2O2/c1-3-18-11-7-10(8-11)16-14(17)12-6-9(2)4-5-13(12)15/h4-6,10-11H,3,7-8,15H2,1-2H3,(H,16,17). The average molecular weight is 248 g/mol. The van der Waals surface area contributed by atoms with Gasteiger partial charge in [-0.2, -0.15) is 0 Å². The summed E-state index contributed by atoms with van der Waals surface area (Å²) in [5.41, 5.74) is 7.94. The van der Waals surface area contributed by atoms with Gasteiger partial charge in [0.15, 0.2) is 0 Å². The van der Waals surface area contributed by atoms with E-state index in [4.69, 9.17) is 10.5 Å². The Balaban J connectivity index is 1.91. The van der Waals surface area contributed by atoms with Gasteiger partial charge in [-0.3, -0.25) is 4.79 Å². The van der Waals surface area contributed by atoms with Gasteiger partial charge in [-0.25, -0.2) is 0 Å². The van der Waals surface area contributed by atoms with Gasteiger partial charge in [0.1, 0.15) is 0 Å². The summed E-state index contributed by atoms with van der Waals surface area (Å²) in [7, 11) is 0. The highest BCUT2D eigenvalue weighted by Gasteiger charge is 2.31. The number of benzene rings is 1. The van der Waals surface area contributed by atoms with Crippen molar-refractivity contribution in [2.75, 3.05) is 12.3 Å². The van der Waals surface area contributed by atoms with Crippen LogP contribution in [0.4, 0.5) is 5.69 Å². The maximum atomic E-state index is 12.1. The SMILES string of the molecule is CCOC1CC(NC(=O)c2cc(C)ccc2N)C1. The summed E-state index contributed by atoms with van der Waals surface area (Å²) in [6.07, 6.45) is 2.09. The van der Waals surface area contributed by atoms with Gasteiger partial charge in [0.05, 0.1) is 11.7 Å². The summed E-state index contributed by atoms with van der Waals surface area (Å²) >= 11 is 0. The fourth-order valence-electron chi connectivity index (χ4n) is 2.19. The molecule has 98 valence electrons. The Morgan fingerprint density at radius 2 is 2.22 bits per heavy atom. The van der Waals surface area contributed by atoms with Gasteiger partial charge in [-0.1, -0.05) is 11.6 Å². The highest BCUT2D eigenvalue weighted by molar-refractivity contribution is 5.99. The third kappa shape index (κ3) is 2.82.